The lowest BCUT2D eigenvalue weighted by Gasteiger charge is -2.17. The number of carbonyl (C=O) groups is 1. The van der Waals surface area contributed by atoms with E-state index in [0.29, 0.717) is 12.2 Å². The van der Waals surface area contributed by atoms with Crippen LogP contribution in [0, 0.1) is 13.8 Å². The van der Waals surface area contributed by atoms with Crippen LogP contribution < -0.4 is 5.56 Å². The molecule has 0 amide bonds. The van der Waals surface area contributed by atoms with Crippen LogP contribution in [0.1, 0.15) is 34.7 Å². The van der Waals surface area contributed by atoms with E-state index in [0.717, 1.165) is 16.1 Å². The predicted octanol–water partition coefficient (Wildman–Crippen LogP) is 3.06. The molecule has 130 valence electrons. The monoisotopic (exact) mass is 371 g/mol. The molecular formula is C16H19Cl2N3O3. The maximum atomic E-state index is 12.6. The Morgan fingerprint density at radius 2 is 2.04 bits per heavy atom. The van der Waals surface area contributed by atoms with Crippen molar-refractivity contribution in [2.45, 2.75) is 33.4 Å². The lowest BCUT2D eigenvalue weighted by Crippen LogP contribution is -2.27. The van der Waals surface area contributed by atoms with E-state index >= 15 is 0 Å². The average molecular weight is 372 g/mol. The van der Waals surface area contributed by atoms with Gasteiger partial charge in [-0.3, -0.25) is 9.59 Å². The zero-order valence-electron chi connectivity index (χ0n) is 14.0. The molecule has 0 radical (unpaired) electrons. The first-order chi connectivity index (χ1) is 11.3. The Kier molecular flexibility index (Phi) is 5.85. The molecule has 0 bridgehead atoms. The fourth-order valence-corrected chi connectivity index (χ4v) is 3.10. The van der Waals surface area contributed by atoms with Gasteiger partial charge in [0.2, 0.25) is 0 Å². The highest BCUT2D eigenvalue weighted by Gasteiger charge is 2.20. The quantitative estimate of drug-likeness (QED) is 0.731. The molecule has 1 unspecified atom stereocenters. The molecule has 0 fully saturated rings. The lowest BCUT2D eigenvalue weighted by molar-refractivity contribution is 0.0964. The molecule has 24 heavy (non-hydrogen) atoms. The Morgan fingerprint density at radius 3 is 2.67 bits per heavy atom. The molecule has 2 rings (SSSR count). The summed E-state index contributed by atoms with van der Waals surface area (Å²) >= 11 is 11.6. The average Bonchev–Trinajstić information content (AvgIpc) is 2.83. The van der Waals surface area contributed by atoms with Crippen molar-refractivity contribution in [3.63, 3.8) is 0 Å². The van der Waals surface area contributed by atoms with E-state index in [2.05, 4.69) is 5.10 Å². The predicted molar refractivity (Wildman–Crippen MR) is 93.3 cm³/mol. The first kappa shape index (κ1) is 18.7. The summed E-state index contributed by atoms with van der Waals surface area (Å²) in [5, 5.41) is 3.79. The number of ketones is 1. The van der Waals surface area contributed by atoms with Crippen molar-refractivity contribution >= 4 is 29.0 Å². The standard InChI is InChI=1S/C16H19Cl2N3O3/c1-9-5-12(11(3)21(9)10(2)8-24-4)14(22)7-20-16(23)15(18)13(17)6-19-20/h5-6,10H,7-8H2,1-4H3. The molecule has 0 aliphatic rings. The highest BCUT2D eigenvalue weighted by Crippen LogP contribution is 2.21. The van der Waals surface area contributed by atoms with Gasteiger partial charge in [0, 0.05) is 24.1 Å². The van der Waals surface area contributed by atoms with Gasteiger partial charge in [0.05, 0.1) is 23.9 Å². The number of carbonyl (C=O) groups excluding carboxylic acids is 1. The summed E-state index contributed by atoms with van der Waals surface area (Å²) in [6, 6.07) is 1.91. The van der Waals surface area contributed by atoms with E-state index < -0.39 is 5.56 Å². The van der Waals surface area contributed by atoms with Crippen LogP contribution in [0.4, 0.5) is 0 Å². The molecule has 8 heteroatoms. The summed E-state index contributed by atoms with van der Waals surface area (Å²) in [6.45, 7) is 6.16. The molecule has 2 aromatic heterocycles. The van der Waals surface area contributed by atoms with Gasteiger partial charge >= 0.3 is 0 Å². The summed E-state index contributed by atoms with van der Waals surface area (Å²) in [5.74, 6) is -0.216. The summed E-state index contributed by atoms with van der Waals surface area (Å²) in [6.07, 6.45) is 1.25. The molecule has 0 saturated heterocycles. The first-order valence-electron chi connectivity index (χ1n) is 7.39. The molecule has 0 N–H and O–H groups in total. The zero-order chi connectivity index (χ0) is 18.0. The Labute approximate surface area is 149 Å². The highest BCUT2D eigenvalue weighted by atomic mass is 35.5. The minimum Gasteiger partial charge on any atom is -0.383 e. The van der Waals surface area contributed by atoms with Crippen LogP contribution >= 0.6 is 23.2 Å². The molecule has 2 heterocycles. The molecule has 2 aromatic rings. The molecule has 0 aliphatic carbocycles. The van der Waals surface area contributed by atoms with E-state index in [1.807, 2.05) is 31.4 Å². The van der Waals surface area contributed by atoms with Gasteiger partial charge in [0.25, 0.3) is 5.56 Å². The zero-order valence-corrected chi connectivity index (χ0v) is 15.5. The second-order valence-corrected chi connectivity index (χ2v) is 6.44. The van der Waals surface area contributed by atoms with Crippen molar-refractivity contribution in [1.82, 2.24) is 14.3 Å². The van der Waals surface area contributed by atoms with Crippen LogP contribution in [-0.2, 0) is 11.3 Å². The Morgan fingerprint density at radius 1 is 1.38 bits per heavy atom. The second kappa shape index (κ2) is 7.51. The maximum Gasteiger partial charge on any atom is 0.287 e. The number of nitrogens with zero attached hydrogens (tertiary/aromatic N) is 3. The fourth-order valence-electron chi connectivity index (χ4n) is 2.83. The lowest BCUT2D eigenvalue weighted by atomic mass is 10.1. The van der Waals surface area contributed by atoms with Crippen molar-refractivity contribution in [3.05, 3.63) is 49.6 Å². The van der Waals surface area contributed by atoms with Crippen molar-refractivity contribution in [3.8, 4) is 0 Å². The Hall–Kier alpha value is -1.63. The van der Waals surface area contributed by atoms with Crippen LogP contribution in [0.3, 0.4) is 0 Å². The third-order valence-corrected chi connectivity index (χ3v) is 4.62. The largest absolute Gasteiger partial charge is 0.383 e. The third-order valence-electron chi connectivity index (χ3n) is 3.87. The van der Waals surface area contributed by atoms with E-state index in [4.69, 9.17) is 27.9 Å². The summed E-state index contributed by atoms with van der Waals surface area (Å²) in [7, 11) is 1.64. The maximum absolute atomic E-state index is 12.6. The molecule has 0 aromatic carbocycles. The van der Waals surface area contributed by atoms with Crippen LogP contribution in [0.15, 0.2) is 17.1 Å². The van der Waals surface area contributed by atoms with Crippen LogP contribution in [0.5, 0.6) is 0 Å². The topological polar surface area (TPSA) is 66.1 Å². The van der Waals surface area contributed by atoms with Crippen molar-refractivity contribution in [1.29, 1.82) is 0 Å². The molecule has 0 aliphatic heterocycles. The van der Waals surface area contributed by atoms with Crippen LogP contribution in [0.25, 0.3) is 0 Å². The number of halogens is 2. The number of aryl methyl sites for hydroxylation is 1. The van der Waals surface area contributed by atoms with Gasteiger partial charge in [-0.25, -0.2) is 4.68 Å². The van der Waals surface area contributed by atoms with Gasteiger partial charge in [0.15, 0.2) is 5.78 Å². The van der Waals surface area contributed by atoms with E-state index in [1.165, 1.54) is 6.20 Å². The number of methoxy groups -OCH3 is 1. The molecule has 0 spiro atoms. The molecule has 0 saturated carbocycles. The SMILES string of the molecule is COCC(C)n1c(C)cc(C(=O)Cn2ncc(Cl)c(Cl)c2=O)c1C. The number of Topliss-reactive ketones (excluding diaryl/α,β-unsaturated/α-hetero) is 1. The first-order valence-corrected chi connectivity index (χ1v) is 8.15. The molecule has 6 nitrogen and oxygen atoms in total. The number of hydrogen-bond donors (Lipinski definition) is 0. The summed E-state index contributed by atoms with van der Waals surface area (Å²) in [4.78, 5) is 24.6. The third kappa shape index (κ3) is 3.55. The normalized spacial score (nSPS) is 12.4. The van der Waals surface area contributed by atoms with Gasteiger partial charge < -0.3 is 9.30 Å². The minimum absolute atomic E-state index is 0.0666. The minimum atomic E-state index is -0.584. The van der Waals surface area contributed by atoms with E-state index in [9.17, 15) is 9.59 Å². The summed E-state index contributed by atoms with van der Waals surface area (Å²) < 4.78 is 8.24. The van der Waals surface area contributed by atoms with Crippen molar-refractivity contribution in [2.24, 2.45) is 0 Å². The second-order valence-electron chi connectivity index (χ2n) is 5.65. The van der Waals surface area contributed by atoms with Gasteiger partial charge in [-0.1, -0.05) is 23.2 Å². The fraction of sp³-hybridized carbons (Fsp3) is 0.438. The smallest absolute Gasteiger partial charge is 0.287 e. The van der Waals surface area contributed by atoms with E-state index in [1.54, 1.807) is 7.11 Å². The van der Waals surface area contributed by atoms with E-state index in [-0.39, 0.29) is 28.4 Å². The Bertz CT molecular complexity index is 827. The van der Waals surface area contributed by atoms with Crippen molar-refractivity contribution < 1.29 is 9.53 Å². The number of ether oxygens (including phenoxy) is 1. The number of aromatic nitrogens is 3. The highest BCUT2D eigenvalue weighted by molar-refractivity contribution is 6.41. The van der Waals surface area contributed by atoms with Gasteiger partial charge in [-0.05, 0) is 26.8 Å². The summed E-state index contributed by atoms with van der Waals surface area (Å²) in [5.41, 5.74) is 1.75. The number of rotatable bonds is 6. The van der Waals surface area contributed by atoms with Crippen LogP contribution in [0.2, 0.25) is 10.0 Å². The van der Waals surface area contributed by atoms with Gasteiger partial charge in [-0.15, -0.1) is 0 Å². The number of hydrogen-bond acceptors (Lipinski definition) is 4. The van der Waals surface area contributed by atoms with Gasteiger partial charge in [-0.2, -0.15) is 5.10 Å². The van der Waals surface area contributed by atoms with Gasteiger partial charge in [0.1, 0.15) is 11.6 Å². The molecule has 1 atom stereocenters. The Balaban J connectivity index is 2.33. The van der Waals surface area contributed by atoms with Crippen molar-refractivity contribution in [2.75, 3.05) is 13.7 Å². The molecular weight excluding hydrogens is 353 g/mol. The van der Waals surface area contributed by atoms with Crippen LogP contribution in [-0.4, -0.2) is 33.8 Å².